The highest BCUT2D eigenvalue weighted by Gasteiger charge is 2.07. The van der Waals surface area contributed by atoms with Crippen molar-refractivity contribution in [1.82, 2.24) is 10.2 Å². The Balaban J connectivity index is 2.31. The number of nitrogens with zero attached hydrogens (tertiary/aromatic N) is 1. The van der Waals surface area contributed by atoms with Crippen LogP contribution in [0.15, 0.2) is 24.3 Å². The third kappa shape index (κ3) is 5.52. The highest BCUT2D eigenvalue weighted by molar-refractivity contribution is 5.27. The number of benzene rings is 1. The van der Waals surface area contributed by atoms with Gasteiger partial charge in [-0.15, -0.1) is 0 Å². The van der Waals surface area contributed by atoms with E-state index in [9.17, 15) is 5.11 Å². The highest BCUT2D eigenvalue weighted by Crippen LogP contribution is 2.19. The van der Waals surface area contributed by atoms with Crippen molar-refractivity contribution in [3.8, 4) is 5.75 Å². The first kappa shape index (κ1) is 15.0. The zero-order valence-electron chi connectivity index (χ0n) is 11.8. The SMILES string of the molecule is CCC(NCCCCN(C)C)c1ccc(O)cc1. The quantitative estimate of drug-likeness (QED) is 0.696. The van der Waals surface area contributed by atoms with Gasteiger partial charge in [0.15, 0.2) is 0 Å². The van der Waals surface area contributed by atoms with E-state index in [-0.39, 0.29) is 0 Å². The molecule has 0 spiro atoms. The van der Waals surface area contributed by atoms with Gasteiger partial charge in [-0.05, 0) is 64.1 Å². The van der Waals surface area contributed by atoms with E-state index in [1.807, 2.05) is 12.1 Å². The van der Waals surface area contributed by atoms with E-state index in [4.69, 9.17) is 0 Å². The standard InChI is InChI=1S/C15H26N2O/c1-4-15(13-7-9-14(18)10-8-13)16-11-5-6-12-17(2)3/h7-10,15-16,18H,4-6,11-12H2,1-3H3. The average Bonchev–Trinajstić information content (AvgIpc) is 2.35. The van der Waals surface area contributed by atoms with Crippen LogP contribution in [0.3, 0.4) is 0 Å². The van der Waals surface area contributed by atoms with Crippen LogP contribution in [0.25, 0.3) is 0 Å². The van der Waals surface area contributed by atoms with Gasteiger partial charge >= 0.3 is 0 Å². The van der Waals surface area contributed by atoms with Crippen molar-refractivity contribution in [2.45, 2.75) is 32.2 Å². The van der Waals surface area contributed by atoms with Crippen molar-refractivity contribution in [3.63, 3.8) is 0 Å². The summed E-state index contributed by atoms with van der Waals surface area (Å²) in [7, 11) is 4.22. The second kappa shape index (κ2) is 8.11. The van der Waals surface area contributed by atoms with Gasteiger partial charge in [0.2, 0.25) is 0 Å². The molecule has 3 nitrogen and oxygen atoms in total. The van der Waals surface area contributed by atoms with Crippen LogP contribution >= 0.6 is 0 Å². The largest absolute Gasteiger partial charge is 0.508 e. The molecule has 0 amide bonds. The molecule has 2 N–H and O–H groups in total. The molecule has 3 heteroatoms. The third-order valence-corrected chi connectivity index (χ3v) is 3.13. The number of unbranched alkanes of at least 4 members (excludes halogenated alkanes) is 1. The van der Waals surface area contributed by atoms with E-state index in [0.29, 0.717) is 11.8 Å². The topological polar surface area (TPSA) is 35.5 Å². The fourth-order valence-corrected chi connectivity index (χ4v) is 2.03. The zero-order valence-corrected chi connectivity index (χ0v) is 11.8. The van der Waals surface area contributed by atoms with Crippen LogP contribution < -0.4 is 5.32 Å². The van der Waals surface area contributed by atoms with Crippen molar-refractivity contribution in [2.75, 3.05) is 27.2 Å². The zero-order chi connectivity index (χ0) is 13.4. The lowest BCUT2D eigenvalue weighted by molar-refractivity contribution is 0.387. The van der Waals surface area contributed by atoms with Crippen LogP contribution in [0.2, 0.25) is 0 Å². The molecular formula is C15H26N2O. The van der Waals surface area contributed by atoms with Crippen LogP contribution in [-0.4, -0.2) is 37.2 Å². The maximum Gasteiger partial charge on any atom is 0.115 e. The molecule has 1 atom stereocenters. The van der Waals surface area contributed by atoms with Crippen molar-refractivity contribution in [2.24, 2.45) is 0 Å². The lowest BCUT2D eigenvalue weighted by Crippen LogP contribution is -2.23. The van der Waals surface area contributed by atoms with Gasteiger partial charge in [-0.3, -0.25) is 0 Å². The molecule has 0 saturated heterocycles. The number of aromatic hydroxyl groups is 1. The second-order valence-electron chi connectivity index (χ2n) is 5.02. The minimum atomic E-state index is 0.333. The molecule has 0 bridgehead atoms. The van der Waals surface area contributed by atoms with Crippen LogP contribution in [0.5, 0.6) is 5.75 Å². The fourth-order valence-electron chi connectivity index (χ4n) is 2.03. The summed E-state index contributed by atoms with van der Waals surface area (Å²) in [5, 5.41) is 12.9. The maximum atomic E-state index is 9.28. The minimum Gasteiger partial charge on any atom is -0.508 e. The van der Waals surface area contributed by atoms with Gasteiger partial charge in [0.1, 0.15) is 5.75 Å². The molecule has 1 rings (SSSR count). The molecular weight excluding hydrogens is 224 g/mol. The monoisotopic (exact) mass is 250 g/mol. The van der Waals surface area contributed by atoms with Gasteiger partial charge in [-0.2, -0.15) is 0 Å². The minimum absolute atomic E-state index is 0.333. The van der Waals surface area contributed by atoms with E-state index in [2.05, 4.69) is 31.2 Å². The molecule has 0 fully saturated rings. The fraction of sp³-hybridized carbons (Fsp3) is 0.600. The molecule has 0 aliphatic carbocycles. The summed E-state index contributed by atoms with van der Waals surface area (Å²) in [4.78, 5) is 2.22. The molecule has 0 saturated carbocycles. The van der Waals surface area contributed by atoms with Gasteiger partial charge in [0.05, 0.1) is 0 Å². The molecule has 1 unspecified atom stereocenters. The van der Waals surface area contributed by atoms with E-state index < -0.39 is 0 Å². The van der Waals surface area contributed by atoms with Crippen molar-refractivity contribution >= 4 is 0 Å². The van der Waals surface area contributed by atoms with Crippen molar-refractivity contribution < 1.29 is 5.11 Å². The molecule has 0 aliphatic heterocycles. The predicted molar refractivity (Wildman–Crippen MR) is 76.9 cm³/mol. The Morgan fingerprint density at radius 2 is 1.83 bits per heavy atom. The molecule has 1 aromatic rings. The van der Waals surface area contributed by atoms with Gasteiger partial charge in [0.25, 0.3) is 0 Å². The van der Waals surface area contributed by atoms with Crippen molar-refractivity contribution in [3.05, 3.63) is 29.8 Å². The Morgan fingerprint density at radius 1 is 1.17 bits per heavy atom. The summed E-state index contributed by atoms with van der Waals surface area (Å²) in [5.41, 5.74) is 1.25. The first-order valence-electron chi connectivity index (χ1n) is 6.80. The van der Waals surface area contributed by atoms with Crippen LogP contribution in [0, 0.1) is 0 Å². The Kier molecular flexibility index (Phi) is 6.76. The summed E-state index contributed by atoms with van der Waals surface area (Å²) in [6, 6.07) is 7.90. The van der Waals surface area contributed by atoms with E-state index in [1.54, 1.807) is 12.1 Å². The number of nitrogens with one attached hydrogen (secondary N) is 1. The maximum absolute atomic E-state index is 9.28. The highest BCUT2D eigenvalue weighted by atomic mass is 16.3. The normalized spacial score (nSPS) is 12.9. The first-order chi connectivity index (χ1) is 8.63. The summed E-state index contributed by atoms with van der Waals surface area (Å²) < 4.78 is 0. The van der Waals surface area contributed by atoms with Crippen LogP contribution in [0.1, 0.15) is 37.8 Å². The molecule has 0 radical (unpaired) electrons. The van der Waals surface area contributed by atoms with E-state index in [1.165, 1.54) is 18.4 Å². The van der Waals surface area contributed by atoms with Gasteiger partial charge < -0.3 is 15.3 Å². The van der Waals surface area contributed by atoms with Crippen molar-refractivity contribution in [1.29, 1.82) is 0 Å². The Labute approximate surface area is 111 Å². The van der Waals surface area contributed by atoms with E-state index in [0.717, 1.165) is 19.5 Å². The number of rotatable bonds is 8. The smallest absolute Gasteiger partial charge is 0.115 e. The van der Waals surface area contributed by atoms with Crippen LogP contribution in [0.4, 0.5) is 0 Å². The number of hydrogen-bond donors (Lipinski definition) is 2. The average molecular weight is 250 g/mol. The first-order valence-corrected chi connectivity index (χ1v) is 6.80. The third-order valence-electron chi connectivity index (χ3n) is 3.13. The molecule has 102 valence electrons. The van der Waals surface area contributed by atoms with Crippen LogP contribution in [-0.2, 0) is 0 Å². The Hall–Kier alpha value is -1.06. The lowest BCUT2D eigenvalue weighted by Gasteiger charge is -2.18. The van der Waals surface area contributed by atoms with E-state index >= 15 is 0 Å². The Morgan fingerprint density at radius 3 is 2.39 bits per heavy atom. The van der Waals surface area contributed by atoms with Gasteiger partial charge in [-0.1, -0.05) is 19.1 Å². The summed E-state index contributed by atoms with van der Waals surface area (Å²) >= 11 is 0. The summed E-state index contributed by atoms with van der Waals surface area (Å²) in [6.07, 6.45) is 3.50. The van der Waals surface area contributed by atoms with Gasteiger partial charge in [0, 0.05) is 6.04 Å². The molecule has 0 aromatic heterocycles. The number of phenols is 1. The molecule has 18 heavy (non-hydrogen) atoms. The number of hydrogen-bond acceptors (Lipinski definition) is 3. The number of phenolic OH excluding ortho intramolecular Hbond substituents is 1. The summed E-state index contributed by atoms with van der Waals surface area (Å²) in [6.45, 7) is 4.38. The predicted octanol–water partition coefficient (Wildman–Crippen LogP) is 2.77. The molecule has 0 aliphatic rings. The second-order valence-corrected chi connectivity index (χ2v) is 5.02. The summed E-state index contributed by atoms with van der Waals surface area (Å²) in [5.74, 6) is 0.333. The lowest BCUT2D eigenvalue weighted by atomic mass is 10.0. The van der Waals surface area contributed by atoms with Gasteiger partial charge in [-0.25, -0.2) is 0 Å². The molecule has 1 aromatic carbocycles. The molecule has 0 heterocycles. The Bertz CT molecular complexity index is 322.